The maximum Gasteiger partial charge on any atom is 0.331 e. The van der Waals surface area contributed by atoms with Crippen LogP contribution in [0.25, 0.3) is 0 Å². The zero-order valence-corrected chi connectivity index (χ0v) is 19.3. The highest BCUT2D eigenvalue weighted by molar-refractivity contribution is 7.88. The van der Waals surface area contributed by atoms with Gasteiger partial charge in [0.25, 0.3) is 0 Å². The van der Waals surface area contributed by atoms with Crippen molar-refractivity contribution in [1.82, 2.24) is 4.72 Å². The second-order valence-electron chi connectivity index (χ2n) is 11.1. The summed E-state index contributed by atoms with van der Waals surface area (Å²) in [4.78, 5) is 11.7. The molecule has 5 rings (SSSR count). The number of hydrogen-bond donors (Lipinski definition) is 1. The van der Waals surface area contributed by atoms with Crippen LogP contribution in [0.15, 0.2) is 23.3 Å². The van der Waals surface area contributed by atoms with E-state index in [0.29, 0.717) is 35.7 Å². The van der Waals surface area contributed by atoms with E-state index in [1.54, 1.807) is 11.6 Å². The molecule has 5 nitrogen and oxygen atoms in total. The van der Waals surface area contributed by atoms with Crippen molar-refractivity contribution < 1.29 is 17.9 Å². The molecule has 30 heavy (non-hydrogen) atoms. The summed E-state index contributed by atoms with van der Waals surface area (Å²) in [6.07, 6.45) is 14.5. The highest BCUT2D eigenvalue weighted by Crippen LogP contribution is 2.66. The largest absolute Gasteiger partial charge is 0.458 e. The second kappa shape index (κ2) is 6.93. The molecule has 0 unspecified atom stereocenters. The van der Waals surface area contributed by atoms with Gasteiger partial charge in [-0.1, -0.05) is 25.5 Å². The minimum atomic E-state index is -3.14. The molecule has 3 fully saturated rings. The highest BCUT2D eigenvalue weighted by Gasteiger charge is 2.58. The van der Waals surface area contributed by atoms with Crippen molar-refractivity contribution in [1.29, 1.82) is 0 Å². The van der Waals surface area contributed by atoms with Gasteiger partial charge in [0.05, 0.1) is 6.26 Å². The van der Waals surface area contributed by atoms with E-state index in [1.165, 1.54) is 37.5 Å². The van der Waals surface area contributed by atoms with Gasteiger partial charge < -0.3 is 4.74 Å². The molecule has 1 heterocycles. The van der Waals surface area contributed by atoms with Gasteiger partial charge in [-0.2, -0.15) is 0 Å². The van der Waals surface area contributed by atoms with E-state index < -0.39 is 10.0 Å². The van der Waals surface area contributed by atoms with Crippen molar-refractivity contribution in [3.8, 4) is 0 Å². The first-order chi connectivity index (χ1) is 14.1. The molecule has 1 N–H and O–H groups in total. The smallest absolute Gasteiger partial charge is 0.331 e. The number of esters is 1. The Morgan fingerprint density at radius 1 is 1.13 bits per heavy atom. The molecule has 0 amide bonds. The minimum absolute atomic E-state index is 0.102. The molecule has 0 saturated heterocycles. The number of cyclic esters (lactones) is 1. The first kappa shape index (κ1) is 20.7. The number of allylic oxidation sites excluding steroid dienone is 2. The summed E-state index contributed by atoms with van der Waals surface area (Å²) >= 11 is 0. The number of carbonyl (C=O) groups excluding carboxylic acids is 1. The van der Waals surface area contributed by atoms with E-state index in [9.17, 15) is 13.2 Å². The van der Waals surface area contributed by atoms with Gasteiger partial charge in [-0.3, -0.25) is 0 Å². The van der Waals surface area contributed by atoms with Crippen molar-refractivity contribution in [2.24, 2.45) is 34.5 Å². The van der Waals surface area contributed by atoms with Crippen LogP contribution in [0.2, 0.25) is 0 Å². The van der Waals surface area contributed by atoms with Crippen molar-refractivity contribution in [3.63, 3.8) is 0 Å². The highest BCUT2D eigenvalue weighted by atomic mass is 32.2. The maximum atomic E-state index is 11.7. The summed E-state index contributed by atoms with van der Waals surface area (Å²) in [7, 11) is -3.14. The minimum Gasteiger partial charge on any atom is -0.458 e. The van der Waals surface area contributed by atoms with Crippen LogP contribution in [-0.2, 0) is 19.6 Å². The van der Waals surface area contributed by atoms with Crippen molar-refractivity contribution in [2.75, 3.05) is 12.9 Å². The Labute approximate surface area is 180 Å². The van der Waals surface area contributed by atoms with Crippen molar-refractivity contribution in [3.05, 3.63) is 23.3 Å². The maximum absolute atomic E-state index is 11.7. The van der Waals surface area contributed by atoms with Crippen LogP contribution in [0.3, 0.4) is 0 Å². The van der Waals surface area contributed by atoms with E-state index in [-0.39, 0.29) is 17.4 Å². The molecule has 1 aliphatic heterocycles. The van der Waals surface area contributed by atoms with Gasteiger partial charge in [0.15, 0.2) is 0 Å². The Balaban J connectivity index is 1.36. The standard InChI is InChI=1S/C24H35NO4S/c1-23-10-8-17(25-30(3,27)28)13-16(23)4-5-18-20-7-6-19(15-12-22(26)29-14-15)24(20,2)11-9-21(18)23/h7,12,16-19,21,25H,4-6,8-11,13-14H2,1-3H3/t16-,17+,18+,19-,21+,23+,24-/m1/s1. The van der Waals surface area contributed by atoms with Crippen molar-refractivity contribution in [2.45, 2.75) is 71.3 Å². The summed E-state index contributed by atoms with van der Waals surface area (Å²) < 4.78 is 31.6. The average Bonchev–Trinajstić information content (AvgIpc) is 3.23. The summed E-state index contributed by atoms with van der Waals surface area (Å²) in [6, 6.07) is 0.102. The Bertz CT molecular complexity index is 921. The molecular weight excluding hydrogens is 398 g/mol. The van der Waals surface area contributed by atoms with Gasteiger partial charge in [-0.05, 0) is 91.4 Å². The van der Waals surface area contributed by atoms with Crippen LogP contribution in [0.4, 0.5) is 0 Å². The van der Waals surface area contributed by atoms with E-state index >= 15 is 0 Å². The lowest BCUT2D eigenvalue weighted by atomic mass is 9.45. The van der Waals surface area contributed by atoms with Crippen LogP contribution < -0.4 is 4.72 Å². The molecular formula is C24H35NO4S. The monoisotopic (exact) mass is 433 g/mol. The molecule has 5 aliphatic rings. The normalized spacial score (nSPS) is 45.7. The lowest BCUT2D eigenvalue weighted by Gasteiger charge is -2.60. The lowest BCUT2D eigenvalue weighted by Crippen LogP contribution is -2.53. The summed E-state index contributed by atoms with van der Waals surface area (Å²) in [5.74, 6) is 2.19. The number of nitrogens with one attached hydrogen (secondary N) is 1. The fourth-order valence-electron chi connectivity index (χ4n) is 8.15. The Kier molecular flexibility index (Phi) is 4.79. The molecule has 0 spiro atoms. The molecule has 0 aromatic rings. The molecule has 6 heteroatoms. The van der Waals surface area contributed by atoms with Gasteiger partial charge in [-0.25, -0.2) is 17.9 Å². The van der Waals surface area contributed by atoms with E-state index in [1.807, 2.05) is 0 Å². The van der Waals surface area contributed by atoms with Crippen LogP contribution in [0.1, 0.15) is 65.2 Å². The van der Waals surface area contributed by atoms with Gasteiger partial charge >= 0.3 is 5.97 Å². The predicted molar refractivity (Wildman–Crippen MR) is 116 cm³/mol. The van der Waals surface area contributed by atoms with Crippen LogP contribution in [-0.4, -0.2) is 33.3 Å². The topological polar surface area (TPSA) is 72.5 Å². The third-order valence-electron chi connectivity index (χ3n) is 9.58. The number of rotatable bonds is 3. The Morgan fingerprint density at radius 2 is 1.93 bits per heavy atom. The Morgan fingerprint density at radius 3 is 2.63 bits per heavy atom. The molecule has 0 bridgehead atoms. The molecule has 0 aromatic heterocycles. The second-order valence-corrected chi connectivity index (χ2v) is 12.9. The SMILES string of the molecule is C[C@]12CC[C@H](NS(C)(=O)=O)C[C@H]1CC[C@H]1C3=CC[C@H](C4=CC(=O)OC4)[C@@]3(C)CC[C@@H]12. The Hall–Kier alpha value is -1.14. The van der Waals surface area contributed by atoms with Crippen LogP contribution in [0, 0.1) is 34.5 Å². The molecule has 166 valence electrons. The third kappa shape index (κ3) is 3.21. The first-order valence-electron chi connectivity index (χ1n) is 11.7. The van der Waals surface area contributed by atoms with Gasteiger partial charge in [0, 0.05) is 12.1 Å². The van der Waals surface area contributed by atoms with Gasteiger partial charge in [0.1, 0.15) is 6.61 Å². The third-order valence-corrected chi connectivity index (χ3v) is 10.3. The van der Waals surface area contributed by atoms with E-state index in [0.717, 1.165) is 25.7 Å². The van der Waals surface area contributed by atoms with E-state index in [4.69, 9.17) is 4.74 Å². The molecule has 0 aromatic carbocycles. The van der Waals surface area contributed by atoms with Gasteiger partial charge in [0.2, 0.25) is 10.0 Å². The summed E-state index contributed by atoms with van der Waals surface area (Å²) in [6.45, 7) is 5.40. The zero-order valence-electron chi connectivity index (χ0n) is 18.4. The first-order valence-corrected chi connectivity index (χ1v) is 13.5. The molecule has 3 saturated carbocycles. The number of ether oxygens (including phenoxy) is 1. The summed E-state index contributed by atoms with van der Waals surface area (Å²) in [5.41, 5.74) is 3.32. The fraction of sp³-hybridized carbons (Fsp3) is 0.792. The fourth-order valence-corrected chi connectivity index (χ4v) is 8.97. The van der Waals surface area contributed by atoms with Crippen molar-refractivity contribution >= 4 is 16.0 Å². The van der Waals surface area contributed by atoms with Gasteiger partial charge in [-0.15, -0.1) is 0 Å². The van der Waals surface area contributed by atoms with Crippen LogP contribution >= 0.6 is 0 Å². The average molecular weight is 434 g/mol. The zero-order chi connectivity index (χ0) is 21.3. The molecule has 0 radical (unpaired) electrons. The molecule has 4 aliphatic carbocycles. The summed E-state index contributed by atoms with van der Waals surface area (Å²) in [5, 5.41) is 0. The van der Waals surface area contributed by atoms with E-state index in [2.05, 4.69) is 24.6 Å². The van der Waals surface area contributed by atoms with Crippen LogP contribution in [0.5, 0.6) is 0 Å². The number of carbonyl (C=O) groups is 1. The number of sulfonamides is 1. The molecule has 7 atom stereocenters. The quantitative estimate of drug-likeness (QED) is 0.540. The number of fused-ring (bicyclic) bond motifs is 5. The number of hydrogen-bond acceptors (Lipinski definition) is 4. The lowest BCUT2D eigenvalue weighted by molar-refractivity contribution is -0.135. The predicted octanol–water partition coefficient (Wildman–Crippen LogP) is 3.97.